The molecule has 1 saturated carbocycles. The standard InChI is InChI=1S/C12H17NO3S/c1-2-15-12(14)11-13-10(8-17-11)16-9-6-4-3-5-7-9/h8-9H,2-7H2,1H3. The van der Waals surface area contributed by atoms with Crippen molar-refractivity contribution < 1.29 is 14.3 Å². The molecule has 4 nitrogen and oxygen atoms in total. The van der Waals surface area contributed by atoms with Gasteiger partial charge in [-0.1, -0.05) is 6.42 Å². The van der Waals surface area contributed by atoms with Gasteiger partial charge in [-0.15, -0.1) is 11.3 Å². The SMILES string of the molecule is CCOC(=O)c1nc(OC2CCCCC2)cs1. The number of carbonyl (C=O) groups is 1. The third kappa shape index (κ3) is 3.43. The quantitative estimate of drug-likeness (QED) is 0.776. The number of aromatic nitrogens is 1. The van der Waals surface area contributed by atoms with Crippen LogP contribution in [0.5, 0.6) is 5.88 Å². The number of thiazole rings is 1. The van der Waals surface area contributed by atoms with E-state index in [4.69, 9.17) is 9.47 Å². The molecule has 1 heterocycles. The Balaban J connectivity index is 1.91. The van der Waals surface area contributed by atoms with Crippen molar-refractivity contribution in [3.05, 3.63) is 10.4 Å². The summed E-state index contributed by atoms with van der Waals surface area (Å²) in [6.45, 7) is 2.15. The highest BCUT2D eigenvalue weighted by Gasteiger charge is 2.18. The molecule has 0 saturated heterocycles. The summed E-state index contributed by atoms with van der Waals surface area (Å²) >= 11 is 1.28. The third-order valence-electron chi connectivity index (χ3n) is 2.77. The summed E-state index contributed by atoms with van der Waals surface area (Å²) in [6, 6.07) is 0. The first-order valence-electron chi connectivity index (χ1n) is 6.09. The van der Waals surface area contributed by atoms with Crippen molar-refractivity contribution in [2.24, 2.45) is 0 Å². The van der Waals surface area contributed by atoms with Gasteiger partial charge in [0, 0.05) is 0 Å². The minimum absolute atomic E-state index is 0.265. The molecule has 1 aliphatic rings. The van der Waals surface area contributed by atoms with Crippen LogP contribution in [0.2, 0.25) is 0 Å². The Morgan fingerprint density at radius 1 is 1.47 bits per heavy atom. The van der Waals surface area contributed by atoms with Gasteiger partial charge in [-0.2, -0.15) is 4.98 Å². The van der Waals surface area contributed by atoms with E-state index < -0.39 is 0 Å². The van der Waals surface area contributed by atoms with E-state index in [1.807, 2.05) is 0 Å². The average Bonchev–Trinajstić information content (AvgIpc) is 2.79. The van der Waals surface area contributed by atoms with E-state index in [9.17, 15) is 4.79 Å². The molecule has 0 aliphatic heterocycles. The van der Waals surface area contributed by atoms with Gasteiger partial charge in [0.05, 0.1) is 12.0 Å². The molecule has 2 rings (SSSR count). The van der Waals surface area contributed by atoms with Gasteiger partial charge < -0.3 is 9.47 Å². The first-order valence-corrected chi connectivity index (χ1v) is 6.97. The minimum atomic E-state index is -0.365. The second-order valence-electron chi connectivity index (χ2n) is 4.09. The van der Waals surface area contributed by atoms with E-state index in [-0.39, 0.29) is 12.1 Å². The maximum atomic E-state index is 11.4. The second kappa shape index (κ2) is 6.00. The number of ether oxygens (including phenoxy) is 2. The topological polar surface area (TPSA) is 48.4 Å². The van der Waals surface area contributed by atoms with E-state index in [2.05, 4.69) is 4.98 Å². The molecule has 94 valence electrons. The van der Waals surface area contributed by atoms with Crippen LogP contribution in [0.15, 0.2) is 5.38 Å². The molecule has 0 unspecified atom stereocenters. The number of carbonyl (C=O) groups excluding carboxylic acids is 1. The minimum Gasteiger partial charge on any atom is -0.474 e. The van der Waals surface area contributed by atoms with E-state index >= 15 is 0 Å². The van der Waals surface area contributed by atoms with Gasteiger partial charge >= 0.3 is 5.97 Å². The van der Waals surface area contributed by atoms with Crippen LogP contribution in [0.25, 0.3) is 0 Å². The fourth-order valence-electron chi connectivity index (χ4n) is 1.95. The number of hydrogen-bond acceptors (Lipinski definition) is 5. The third-order valence-corrected chi connectivity index (χ3v) is 3.57. The normalized spacial score (nSPS) is 16.8. The first kappa shape index (κ1) is 12.4. The average molecular weight is 255 g/mol. The highest BCUT2D eigenvalue weighted by atomic mass is 32.1. The van der Waals surface area contributed by atoms with Crippen molar-refractivity contribution in [3.8, 4) is 5.88 Å². The maximum Gasteiger partial charge on any atom is 0.367 e. The zero-order valence-electron chi connectivity index (χ0n) is 9.98. The summed E-state index contributed by atoms with van der Waals surface area (Å²) in [7, 11) is 0. The summed E-state index contributed by atoms with van der Waals surface area (Å²) < 4.78 is 10.6. The fourth-order valence-corrected chi connectivity index (χ4v) is 2.57. The monoisotopic (exact) mass is 255 g/mol. The molecule has 1 aromatic rings. The van der Waals surface area contributed by atoms with Gasteiger partial charge in [0.2, 0.25) is 10.9 Å². The highest BCUT2D eigenvalue weighted by molar-refractivity contribution is 7.11. The smallest absolute Gasteiger partial charge is 0.367 e. The molecular weight excluding hydrogens is 238 g/mol. The Morgan fingerprint density at radius 3 is 2.94 bits per heavy atom. The molecule has 0 radical (unpaired) electrons. The van der Waals surface area contributed by atoms with E-state index in [1.54, 1.807) is 12.3 Å². The predicted molar refractivity (Wildman–Crippen MR) is 65.6 cm³/mol. The molecule has 0 atom stereocenters. The lowest BCUT2D eigenvalue weighted by molar-refractivity contribution is 0.0524. The number of esters is 1. The molecule has 0 aromatic carbocycles. The molecule has 1 fully saturated rings. The maximum absolute atomic E-state index is 11.4. The Morgan fingerprint density at radius 2 is 2.24 bits per heavy atom. The molecule has 0 spiro atoms. The van der Waals surface area contributed by atoms with Crippen LogP contribution in [0.4, 0.5) is 0 Å². The lowest BCUT2D eigenvalue weighted by atomic mass is 9.98. The van der Waals surface area contributed by atoms with Crippen LogP contribution in [0, 0.1) is 0 Å². The van der Waals surface area contributed by atoms with Crippen molar-refractivity contribution in [3.63, 3.8) is 0 Å². The van der Waals surface area contributed by atoms with Crippen LogP contribution in [-0.2, 0) is 4.74 Å². The first-order chi connectivity index (χ1) is 8.29. The van der Waals surface area contributed by atoms with Gasteiger partial charge in [0.15, 0.2) is 0 Å². The molecule has 1 aromatic heterocycles. The summed E-state index contributed by atoms with van der Waals surface area (Å²) in [4.78, 5) is 15.6. The van der Waals surface area contributed by atoms with Crippen LogP contribution in [0.3, 0.4) is 0 Å². The number of hydrogen-bond donors (Lipinski definition) is 0. The highest BCUT2D eigenvalue weighted by Crippen LogP contribution is 2.24. The summed E-state index contributed by atoms with van der Waals surface area (Å²) in [5.74, 6) is 0.195. The van der Waals surface area contributed by atoms with Crippen LogP contribution >= 0.6 is 11.3 Å². The molecule has 17 heavy (non-hydrogen) atoms. The largest absolute Gasteiger partial charge is 0.474 e. The number of nitrogens with zero attached hydrogens (tertiary/aromatic N) is 1. The van der Waals surface area contributed by atoms with Gasteiger partial charge in [-0.05, 0) is 32.6 Å². The summed E-state index contributed by atoms with van der Waals surface area (Å²) in [5.41, 5.74) is 0. The molecule has 1 aliphatic carbocycles. The Hall–Kier alpha value is -1.10. The van der Waals surface area contributed by atoms with Gasteiger partial charge in [0.1, 0.15) is 6.10 Å². The zero-order chi connectivity index (χ0) is 12.1. The molecule has 0 N–H and O–H groups in total. The van der Waals surface area contributed by atoms with E-state index in [1.165, 1.54) is 30.6 Å². The predicted octanol–water partition coefficient (Wildman–Crippen LogP) is 3.03. The summed E-state index contributed by atoms with van der Waals surface area (Å²) in [5, 5.41) is 2.15. The van der Waals surface area contributed by atoms with Gasteiger partial charge in [0.25, 0.3) is 0 Å². The van der Waals surface area contributed by atoms with Gasteiger partial charge in [-0.25, -0.2) is 4.79 Å². The van der Waals surface area contributed by atoms with Crippen molar-refractivity contribution in [2.45, 2.75) is 45.1 Å². The van der Waals surface area contributed by atoms with Crippen molar-refractivity contribution in [1.82, 2.24) is 4.98 Å². The second-order valence-corrected chi connectivity index (χ2v) is 4.95. The van der Waals surface area contributed by atoms with Gasteiger partial charge in [-0.3, -0.25) is 0 Å². The van der Waals surface area contributed by atoms with Crippen molar-refractivity contribution in [2.75, 3.05) is 6.61 Å². The molecular formula is C12H17NO3S. The summed E-state index contributed by atoms with van der Waals surface area (Å²) in [6.07, 6.45) is 6.18. The van der Waals surface area contributed by atoms with Crippen LogP contribution < -0.4 is 4.74 Å². The Bertz CT molecular complexity index is 372. The van der Waals surface area contributed by atoms with E-state index in [0.717, 1.165) is 12.8 Å². The van der Waals surface area contributed by atoms with E-state index in [0.29, 0.717) is 17.5 Å². The lowest BCUT2D eigenvalue weighted by Crippen LogP contribution is -2.19. The number of rotatable bonds is 4. The Kier molecular flexibility index (Phi) is 4.36. The molecule has 0 bridgehead atoms. The fraction of sp³-hybridized carbons (Fsp3) is 0.667. The van der Waals surface area contributed by atoms with Crippen LogP contribution in [-0.4, -0.2) is 23.7 Å². The lowest BCUT2D eigenvalue weighted by Gasteiger charge is -2.21. The Labute approximate surface area is 105 Å². The molecule has 0 amide bonds. The molecule has 5 heteroatoms. The zero-order valence-corrected chi connectivity index (χ0v) is 10.8. The van der Waals surface area contributed by atoms with Crippen molar-refractivity contribution >= 4 is 17.3 Å². The van der Waals surface area contributed by atoms with Crippen LogP contribution in [0.1, 0.15) is 48.8 Å². The van der Waals surface area contributed by atoms with Crippen molar-refractivity contribution in [1.29, 1.82) is 0 Å².